The van der Waals surface area contributed by atoms with Crippen molar-refractivity contribution in [1.82, 2.24) is 0 Å². The van der Waals surface area contributed by atoms with Crippen LogP contribution >= 0.6 is 23.5 Å². The van der Waals surface area contributed by atoms with Gasteiger partial charge in [-0.2, -0.15) is 0 Å². The zero-order chi connectivity index (χ0) is 12.6. The van der Waals surface area contributed by atoms with Crippen molar-refractivity contribution in [2.24, 2.45) is 0 Å². The Labute approximate surface area is 106 Å². The van der Waals surface area contributed by atoms with Crippen LogP contribution in [0.1, 0.15) is 33.6 Å². The van der Waals surface area contributed by atoms with Gasteiger partial charge in [0.05, 0.1) is 7.11 Å². The van der Waals surface area contributed by atoms with Gasteiger partial charge in [0.2, 0.25) is 0 Å². The fourth-order valence-electron chi connectivity index (χ4n) is 1.37. The number of ketones is 1. The Morgan fingerprint density at radius 1 is 1.19 bits per heavy atom. The lowest BCUT2D eigenvalue weighted by Crippen LogP contribution is -2.34. The van der Waals surface area contributed by atoms with Crippen LogP contribution in [0.2, 0.25) is 0 Å². The van der Waals surface area contributed by atoms with Crippen LogP contribution in [0.4, 0.5) is 0 Å². The van der Waals surface area contributed by atoms with Crippen molar-refractivity contribution in [3.63, 3.8) is 0 Å². The van der Waals surface area contributed by atoms with Crippen molar-refractivity contribution in [3.8, 4) is 0 Å². The number of carbonyl (C=O) groups is 2. The van der Waals surface area contributed by atoms with Crippen LogP contribution in [-0.4, -0.2) is 34.4 Å². The number of ether oxygens (including phenoxy) is 1. The summed E-state index contributed by atoms with van der Waals surface area (Å²) in [6.07, 6.45) is 0.973. The number of Topliss-reactive ketones (excluding diaryl/α,β-unsaturated/α-hetero) is 1. The number of hydrogen-bond donors (Lipinski definition) is 0. The maximum atomic E-state index is 11.9. The zero-order valence-electron chi connectivity index (χ0n) is 10.4. The SMILES string of the molecule is CCSC(CCC(C)=O)(SCC)C(=O)OC. The third kappa shape index (κ3) is 4.78. The van der Waals surface area contributed by atoms with E-state index in [1.54, 1.807) is 30.4 Å². The smallest absolute Gasteiger partial charge is 0.332 e. The predicted molar refractivity (Wildman–Crippen MR) is 70.9 cm³/mol. The average Bonchev–Trinajstić information content (AvgIpc) is 2.25. The second-order valence-electron chi connectivity index (χ2n) is 3.31. The standard InChI is InChI=1S/C11H20O3S2/c1-5-15-11(16-6-2,10(13)14-4)8-7-9(3)12/h5-8H2,1-4H3. The molecule has 16 heavy (non-hydrogen) atoms. The molecular formula is C11H20O3S2. The van der Waals surface area contributed by atoms with Crippen molar-refractivity contribution in [2.75, 3.05) is 18.6 Å². The lowest BCUT2D eigenvalue weighted by atomic mass is 10.2. The topological polar surface area (TPSA) is 43.4 Å². The molecule has 94 valence electrons. The summed E-state index contributed by atoms with van der Waals surface area (Å²) < 4.78 is 4.25. The number of hydrogen-bond acceptors (Lipinski definition) is 5. The van der Waals surface area contributed by atoms with Gasteiger partial charge in [0, 0.05) is 6.42 Å². The Morgan fingerprint density at radius 3 is 2.00 bits per heavy atom. The van der Waals surface area contributed by atoms with E-state index in [2.05, 4.69) is 0 Å². The van der Waals surface area contributed by atoms with Crippen LogP contribution < -0.4 is 0 Å². The number of methoxy groups -OCH3 is 1. The van der Waals surface area contributed by atoms with E-state index in [9.17, 15) is 9.59 Å². The lowest BCUT2D eigenvalue weighted by Gasteiger charge is -2.28. The molecule has 0 atom stereocenters. The highest BCUT2D eigenvalue weighted by molar-refractivity contribution is 8.19. The van der Waals surface area contributed by atoms with E-state index in [0.29, 0.717) is 12.8 Å². The van der Waals surface area contributed by atoms with Gasteiger partial charge in [0.1, 0.15) is 5.78 Å². The van der Waals surface area contributed by atoms with Gasteiger partial charge in [-0.25, -0.2) is 4.79 Å². The van der Waals surface area contributed by atoms with Crippen molar-refractivity contribution in [2.45, 2.75) is 37.7 Å². The molecular weight excluding hydrogens is 244 g/mol. The van der Waals surface area contributed by atoms with E-state index in [4.69, 9.17) is 4.74 Å². The molecule has 0 aromatic rings. The summed E-state index contributed by atoms with van der Waals surface area (Å²) in [5.41, 5.74) is 0. The molecule has 0 heterocycles. The molecule has 0 saturated carbocycles. The maximum absolute atomic E-state index is 11.9. The third-order valence-electron chi connectivity index (χ3n) is 2.06. The van der Waals surface area contributed by atoms with Crippen molar-refractivity contribution >= 4 is 35.3 Å². The molecule has 0 N–H and O–H groups in total. The van der Waals surface area contributed by atoms with Gasteiger partial charge in [-0.05, 0) is 24.9 Å². The molecule has 3 nitrogen and oxygen atoms in total. The summed E-state index contributed by atoms with van der Waals surface area (Å²) in [5, 5.41) is 0. The minimum atomic E-state index is -0.607. The summed E-state index contributed by atoms with van der Waals surface area (Å²) in [6, 6.07) is 0. The summed E-state index contributed by atoms with van der Waals surface area (Å²) in [7, 11) is 1.40. The van der Waals surface area contributed by atoms with Gasteiger partial charge in [-0.15, -0.1) is 23.5 Å². The minimum absolute atomic E-state index is 0.113. The van der Waals surface area contributed by atoms with Gasteiger partial charge in [-0.1, -0.05) is 13.8 Å². The molecule has 5 heteroatoms. The molecule has 0 aliphatic rings. The molecule has 0 rings (SSSR count). The van der Waals surface area contributed by atoms with Crippen molar-refractivity contribution < 1.29 is 14.3 Å². The molecule has 0 spiro atoms. The van der Waals surface area contributed by atoms with Gasteiger partial charge < -0.3 is 9.53 Å². The zero-order valence-corrected chi connectivity index (χ0v) is 12.0. The Morgan fingerprint density at radius 2 is 1.69 bits per heavy atom. The maximum Gasteiger partial charge on any atom is 0.332 e. The van der Waals surface area contributed by atoms with Gasteiger partial charge >= 0.3 is 5.97 Å². The molecule has 0 bridgehead atoms. The molecule has 0 amide bonds. The molecule has 0 aliphatic heterocycles. The first-order valence-electron chi connectivity index (χ1n) is 5.38. The van der Waals surface area contributed by atoms with Crippen molar-refractivity contribution in [3.05, 3.63) is 0 Å². The fourth-order valence-corrected chi connectivity index (χ4v) is 4.24. The van der Waals surface area contributed by atoms with E-state index in [-0.39, 0.29) is 11.8 Å². The van der Waals surface area contributed by atoms with E-state index in [0.717, 1.165) is 11.5 Å². The van der Waals surface area contributed by atoms with Gasteiger partial charge in [0.25, 0.3) is 0 Å². The molecule has 0 radical (unpaired) electrons. The number of thioether (sulfide) groups is 2. The highest BCUT2D eigenvalue weighted by Gasteiger charge is 2.39. The molecule has 0 aromatic carbocycles. The Balaban J connectivity index is 4.76. The van der Waals surface area contributed by atoms with E-state index >= 15 is 0 Å². The number of rotatable bonds is 8. The molecule has 0 aromatic heterocycles. The normalized spacial score (nSPS) is 11.2. The van der Waals surface area contributed by atoms with Gasteiger partial charge in [-0.3, -0.25) is 0 Å². The second kappa shape index (κ2) is 8.01. The summed E-state index contributed by atoms with van der Waals surface area (Å²) in [5.74, 6) is 1.55. The molecule has 0 unspecified atom stereocenters. The minimum Gasteiger partial charge on any atom is -0.467 e. The Hall–Kier alpha value is -0.160. The quantitative estimate of drug-likeness (QED) is 0.498. The first-order valence-corrected chi connectivity index (χ1v) is 7.35. The molecule has 0 aliphatic carbocycles. The van der Waals surface area contributed by atoms with E-state index in [1.165, 1.54) is 7.11 Å². The highest BCUT2D eigenvalue weighted by atomic mass is 32.2. The predicted octanol–water partition coefficient (Wildman–Crippen LogP) is 2.73. The summed E-state index contributed by atoms with van der Waals surface area (Å²) in [4.78, 5) is 22.9. The average molecular weight is 264 g/mol. The van der Waals surface area contributed by atoms with Crippen LogP contribution in [0.15, 0.2) is 0 Å². The first kappa shape index (κ1) is 15.8. The van der Waals surface area contributed by atoms with E-state index < -0.39 is 4.08 Å². The Kier molecular flexibility index (Phi) is 7.93. The van der Waals surface area contributed by atoms with Crippen LogP contribution in [0, 0.1) is 0 Å². The monoisotopic (exact) mass is 264 g/mol. The summed E-state index contributed by atoms with van der Waals surface area (Å²) in [6.45, 7) is 5.56. The second-order valence-corrected chi connectivity index (χ2v) is 6.70. The van der Waals surface area contributed by atoms with E-state index in [1.807, 2.05) is 13.8 Å². The van der Waals surface area contributed by atoms with Crippen molar-refractivity contribution in [1.29, 1.82) is 0 Å². The summed E-state index contributed by atoms with van der Waals surface area (Å²) >= 11 is 3.12. The highest BCUT2D eigenvalue weighted by Crippen LogP contribution is 2.42. The van der Waals surface area contributed by atoms with Gasteiger partial charge in [0.15, 0.2) is 4.08 Å². The van der Waals surface area contributed by atoms with Crippen LogP contribution in [-0.2, 0) is 14.3 Å². The molecule has 0 fully saturated rings. The van der Waals surface area contributed by atoms with Crippen LogP contribution in [0.5, 0.6) is 0 Å². The Bertz CT molecular complexity index is 235. The van der Waals surface area contributed by atoms with Crippen LogP contribution in [0.25, 0.3) is 0 Å². The van der Waals surface area contributed by atoms with Crippen LogP contribution in [0.3, 0.4) is 0 Å². The fraction of sp³-hybridized carbons (Fsp3) is 0.818. The third-order valence-corrected chi connectivity index (χ3v) is 5.02. The molecule has 0 saturated heterocycles. The number of carbonyl (C=O) groups excluding carboxylic acids is 2. The largest absolute Gasteiger partial charge is 0.467 e. The first-order chi connectivity index (χ1) is 7.52. The number of esters is 1. The lowest BCUT2D eigenvalue weighted by molar-refractivity contribution is -0.141.